The molecule has 0 N–H and O–H groups in total. The number of rotatable bonds is 1. The smallest absolute Gasteiger partial charge is 0.206 e. The normalized spacial score (nSPS) is 11.9. The maximum atomic E-state index is 13.7. The summed E-state index contributed by atoms with van der Waals surface area (Å²) in [7, 11) is 0. The fourth-order valence-corrected chi connectivity index (χ4v) is 1.65. The number of benzene rings is 1. The summed E-state index contributed by atoms with van der Waals surface area (Å²) in [4.78, 5) is 0. The van der Waals surface area contributed by atoms with Crippen molar-refractivity contribution in [2.24, 2.45) is 0 Å². The molecule has 0 heterocycles. The van der Waals surface area contributed by atoms with Crippen LogP contribution in [0.4, 0.5) is 35.1 Å². The second kappa shape index (κ2) is 5.20. The van der Waals surface area contributed by atoms with Crippen LogP contribution in [0.25, 0.3) is 0 Å². The molecule has 1 rings (SSSR count). The lowest BCUT2D eigenvalue weighted by molar-refractivity contribution is -0.146. The van der Waals surface area contributed by atoms with Crippen molar-refractivity contribution in [1.82, 2.24) is 0 Å². The Balaban J connectivity index is 4.02. The van der Waals surface area contributed by atoms with Crippen LogP contribution >= 0.6 is 0 Å². The Bertz CT molecular complexity index is 657. The molecule has 0 radical (unpaired) electrons. The lowest BCUT2D eigenvalue weighted by atomic mass is 9.94. The molecule has 0 atom stereocenters. The highest BCUT2D eigenvalue weighted by molar-refractivity contribution is 5.50. The van der Waals surface area contributed by atoms with Crippen LogP contribution < -0.4 is 0 Å². The molecule has 0 aliphatic heterocycles. The average Bonchev–Trinajstić information content (AvgIpc) is 2.29. The highest BCUT2D eigenvalue weighted by Crippen LogP contribution is 2.43. The van der Waals surface area contributed by atoms with Gasteiger partial charge >= 0.3 is 12.4 Å². The van der Waals surface area contributed by atoms with Gasteiger partial charge in [-0.25, -0.2) is 8.78 Å². The quantitative estimate of drug-likeness (QED) is 0.737. The fourth-order valence-electron chi connectivity index (χ4n) is 1.65. The monoisotopic (exact) mass is 314 g/mol. The van der Waals surface area contributed by atoms with Gasteiger partial charge in [0.2, 0.25) is 0 Å². The number of halogens is 8. The van der Waals surface area contributed by atoms with Gasteiger partial charge in [-0.05, 0) is 0 Å². The van der Waals surface area contributed by atoms with Gasteiger partial charge in [-0.3, -0.25) is 0 Å². The van der Waals surface area contributed by atoms with Crippen LogP contribution in [0.3, 0.4) is 0 Å². The molecule has 10 heteroatoms. The van der Waals surface area contributed by atoms with E-state index in [9.17, 15) is 35.1 Å². The van der Waals surface area contributed by atoms with E-state index in [2.05, 4.69) is 0 Å². The largest absolute Gasteiger partial charge is 0.420 e. The molecule has 21 heavy (non-hydrogen) atoms. The van der Waals surface area contributed by atoms with E-state index in [4.69, 9.17) is 10.5 Å². The van der Waals surface area contributed by atoms with Gasteiger partial charge in [0.1, 0.15) is 23.0 Å². The van der Waals surface area contributed by atoms with Crippen LogP contribution in [0, 0.1) is 34.3 Å². The molecule has 0 bridgehead atoms. The first-order valence-corrected chi connectivity index (χ1v) is 4.92. The molecule has 0 aliphatic rings. The first-order chi connectivity index (χ1) is 9.46. The zero-order valence-corrected chi connectivity index (χ0v) is 9.63. The van der Waals surface area contributed by atoms with E-state index in [1.165, 1.54) is 0 Å². The molecule has 0 spiro atoms. The van der Waals surface area contributed by atoms with Crippen molar-refractivity contribution in [2.45, 2.75) is 18.8 Å². The third kappa shape index (κ3) is 2.89. The molecular weight excluding hydrogens is 312 g/mol. The molecule has 0 unspecified atom stereocenters. The molecule has 1 aromatic carbocycles. The topological polar surface area (TPSA) is 47.6 Å². The lowest BCUT2D eigenvalue weighted by Crippen LogP contribution is -2.21. The van der Waals surface area contributed by atoms with Crippen LogP contribution in [-0.2, 0) is 18.8 Å². The van der Waals surface area contributed by atoms with E-state index in [0.29, 0.717) is 6.07 Å². The fraction of sp³-hybridized carbons (Fsp3) is 0.273. The Morgan fingerprint density at radius 3 is 1.62 bits per heavy atom. The average molecular weight is 314 g/mol. The molecule has 0 aliphatic carbocycles. The van der Waals surface area contributed by atoms with E-state index in [-0.39, 0.29) is 0 Å². The van der Waals surface area contributed by atoms with Crippen LogP contribution in [0.2, 0.25) is 0 Å². The van der Waals surface area contributed by atoms with E-state index < -0.39 is 52.7 Å². The summed E-state index contributed by atoms with van der Waals surface area (Å²) in [6.45, 7) is 0. The summed E-state index contributed by atoms with van der Waals surface area (Å²) >= 11 is 0. The van der Waals surface area contributed by atoms with Gasteiger partial charge in [-0.15, -0.1) is 0 Å². The maximum Gasteiger partial charge on any atom is 0.420 e. The molecule has 2 nitrogen and oxygen atoms in total. The number of nitriles is 2. The number of hydrogen-bond acceptors (Lipinski definition) is 2. The van der Waals surface area contributed by atoms with Crippen LogP contribution in [0.1, 0.15) is 22.3 Å². The standard InChI is InChI=1S/C11H2F8N2/c12-8-4(1-2-20)6(10(14,15)16)9(13)5(3-21)7(8)11(17,18)19/h1H2. The van der Waals surface area contributed by atoms with Crippen molar-refractivity contribution in [3.8, 4) is 12.1 Å². The molecule has 0 fully saturated rings. The van der Waals surface area contributed by atoms with Crippen molar-refractivity contribution in [3.63, 3.8) is 0 Å². The number of nitrogens with zero attached hydrogens (tertiary/aromatic N) is 2. The van der Waals surface area contributed by atoms with Gasteiger partial charge in [-0.2, -0.15) is 36.9 Å². The Hall–Kier alpha value is -2.36. The Labute approximate surface area is 111 Å². The summed E-state index contributed by atoms with van der Waals surface area (Å²) in [6.07, 6.45) is -12.6. The first-order valence-electron chi connectivity index (χ1n) is 4.92. The SMILES string of the molecule is N#CCc1c(F)c(C(F)(F)F)c(C#N)c(F)c1C(F)(F)F. The van der Waals surface area contributed by atoms with Crippen LogP contribution in [0.15, 0.2) is 0 Å². The minimum Gasteiger partial charge on any atom is -0.206 e. The van der Waals surface area contributed by atoms with Crippen molar-refractivity contribution < 1.29 is 35.1 Å². The summed E-state index contributed by atoms with van der Waals surface area (Å²) in [5, 5.41) is 16.7. The predicted octanol–water partition coefficient (Wildman–Crippen LogP) is 3.94. The Kier molecular flexibility index (Phi) is 4.14. The van der Waals surface area contributed by atoms with Gasteiger partial charge in [-0.1, -0.05) is 0 Å². The van der Waals surface area contributed by atoms with E-state index in [1.807, 2.05) is 0 Å². The molecule has 1 aromatic rings. The van der Waals surface area contributed by atoms with Gasteiger partial charge in [0, 0.05) is 5.56 Å². The van der Waals surface area contributed by atoms with Crippen molar-refractivity contribution in [3.05, 3.63) is 33.9 Å². The van der Waals surface area contributed by atoms with Crippen molar-refractivity contribution >= 4 is 0 Å². The summed E-state index contributed by atoms with van der Waals surface area (Å²) < 4.78 is 103. The second-order valence-corrected chi connectivity index (χ2v) is 3.67. The van der Waals surface area contributed by atoms with E-state index >= 15 is 0 Å². The first kappa shape index (κ1) is 16.7. The summed E-state index contributed by atoms with van der Waals surface area (Å²) in [5.41, 5.74) is -8.73. The summed E-state index contributed by atoms with van der Waals surface area (Å²) in [5.74, 6) is -5.03. The van der Waals surface area contributed by atoms with E-state index in [0.717, 1.165) is 6.07 Å². The maximum absolute atomic E-state index is 13.7. The van der Waals surface area contributed by atoms with Gasteiger partial charge in [0.15, 0.2) is 5.82 Å². The predicted molar refractivity (Wildman–Crippen MR) is 50.4 cm³/mol. The van der Waals surface area contributed by atoms with Crippen LogP contribution in [-0.4, -0.2) is 0 Å². The van der Waals surface area contributed by atoms with Gasteiger partial charge in [0.25, 0.3) is 0 Å². The summed E-state index contributed by atoms with van der Waals surface area (Å²) in [6, 6.07) is 1.60. The molecule has 0 saturated heterocycles. The zero-order valence-electron chi connectivity index (χ0n) is 9.63. The molecule has 112 valence electrons. The third-order valence-corrected chi connectivity index (χ3v) is 2.41. The van der Waals surface area contributed by atoms with Gasteiger partial charge in [0.05, 0.1) is 18.1 Å². The highest BCUT2D eigenvalue weighted by atomic mass is 19.4. The minimum absolute atomic E-state index is 0.575. The molecular formula is C11H2F8N2. The van der Waals surface area contributed by atoms with E-state index in [1.54, 1.807) is 0 Å². The van der Waals surface area contributed by atoms with Crippen LogP contribution in [0.5, 0.6) is 0 Å². The minimum atomic E-state index is -5.59. The lowest BCUT2D eigenvalue weighted by Gasteiger charge is -2.18. The highest BCUT2D eigenvalue weighted by Gasteiger charge is 2.46. The third-order valence-electron chi connectivity index (χ3n) is 2.41. The number of alkyl halides is 6. The molecule has 0 saturated carbocycles. The Morgan fingerprint density at radius 1 is 0.810 bits per heavy atom. The van der Waals surface area contributed by atoms with Gasteiger partial charge < -0.3 is 0 Å². The second-order valence-electron chi connectivity index (χ2n) is 3.67. The van der Waals surface area contributed by atoms with Crippen molar-refractivity contribution in [1.29, 1.82) is 10.5 Å². The Morgan fingerprint density at radius 2 is 1.29 bits per heavy atom. The molecule has 0 amide bonds. The number of hydrogen-bond donors (Lipinski definition) is 0. The van der Waals surface area contributed by atoms with Crippen molar-refractivity contribution in [2.75, 3.05) is 0 Å². The zero-order chi connectivity index (χ0) is 16.6. The molecule has 0 aromatic heterocycles.